The van der Waals surface area contributed by atoms with Gasteiger partial charge in [-0.3, -0.25) is 9.59 Å². The summed E-state index contributed by atoms with van der Waals surface area (Å²) >= 11 is 0. The maximum absolute atomic E-state index is 11.7. The molecule has 0 heterocycles. The summed E-state index contributed by atoms with van der Waals surface area (Å²) in [6, 6.07) is 7.80. The van der Waals surface area contributed by atoms with Crippen molar-refractivity contribution < 1.29 is 14.3 Å². The Morgan fingerprint density at radius 3 is 2.73 bits per heavy atom. The molecule has 0 saturated heterocycles. The summed E-state index contributed by atoms with van der Waals surface area (Å²) in [5, 5.41) is 5.68. The lowest BCUT2D eigenvalue weighted by atomic mass is 10.1. The molecule has 2 rings (SSSR count). The molecule has 22 heavy (non-hydrogen) atoms. The highest BCUT2D eigenvalue weighted by molar-refractivity contribution is 5.82. The molecule has 2 N–H and O–H groups in total. The Labute approximate surface area is 131 Å². The molecule has 1 aromatic rings. The SMILES string of the molecule is COc1cccc(CCNC(=O)CCNC(=O)[C@@H]2C[C@H]2C)c1. The largest absolute Gasteiger partial charge is 0.497 e. The van der Waals surface area contributed by atoms with E-state index in [1.165, 1.54) is 0 Å². The predicted molar refractivity (Wildman–Crippen MR) is 84.6 cm³/mol. The molecule has 1 aliphatic rings. The van der Waals surface area contributed by atoms with Crippen molar-refractivity contribution in [3.05, 3.63) is 29.8 Å². The molecule has 120 valence electrons. The van der Waals surface area contributed by atoms with Crippen LogP contribution in [0.25, 0.3) is 0 Å². The first-order chi connectivity index (χ1) is 10.6. The van der Waals surface area contributed by atoms with E-state index < -0.39 is 0 Å². The molecule has 2 amide bonds. The first-order valence-electron chi connectivity index (χ1n) is 7.77. The van der Waals surface area contributed by atoms with E-state index in [0.717, 1.165) is 24.2 Å². The zero-order chi connectivity index (χ0) is 15.9. The molecule has 0 radical (unpaired) electrons. The van der Waals surface area contributed by atoms with E-state index >= 15 is 0 Å². The van der Waals surface area contributed by atoms with Crippen LogP contribution < -0.4 is 15.4 Å². The van der Waals surface area contributed by atoms with Crippen molar-refractivity contribution in [2.75, 3.05) is 20.2 Å². The van der Waals surface area contributed by atoms with E-state index in [-0.39, 0.29) is 17.7 Å². The van der Waals surface area contributed by atoms with E-state index in [0.29, 0.717) is 25.4 Å². The summed E-state index contributed by atoms with van der Waals surface area (Å²) in [6.45, 7) is 3.06. The zero-order valence-electron chi connectivity index (χ0n) is 13.2. The molecule has 2 atom stereocenters. The second kappa shape index (κ2) is 7.82. The Kier molecular flexibility index (Phi) is 5.81. The molecular formula is C17H24N2O3. The van der Waals surface area contributed by atoms with Crippen LogP contribution in [-0.4, -0.2) is 32.0 Å². The molecule has 0 unspecified atom stereocenters. The van der Waals surface area contributed by atoms with Gasteiger partial charge in [-0.2, -0.15) is 0 Å². The molecule has 1 fully saturated rings. The third kappa shape index (κ3) is 5.06. The maximum atomic E-state index is 11.7. The van der Waals surface area contributed by atoms with Gasteiger partial charge < -0.3 is 15.4 Å². The van der Waals surface area contributed by atoms with Crippen molar-refractivity contribution in [3.8, 4) is 5.75 Å². The van der Waals surface area contributed by atoms with Crippen molar-refractivity contribution in [2.24, 2.45) is 11.8 Å². The normalized spacial score (nSPS) is 19.4. The number of amides is 2. The number of hydrogen-bond acceptors (Lipinski definition) is 3. The maximum Gasteiger partial charge on any atom is 0.223 e. The van der Waals surface area contributed by atoms with E-state index in [2.05, 4.69) is 17.6 Å². The fourth-order valence-electron chi connectivity index (χ4n) is 2.38. The fraction of sp³-hybridized carbons (Fsp3) is 0.529. The number of carbonyl (C=O) groups is 2. The van der Waals surface area contributed by atoms with E-state index in [1.54, 1.807) is 7.11 Å². The number of hydrogen-bond donors (Lipinski definition) is 2. The molecule has 0 aliphatic heterocycles. The van der Waals surface area contributed by atoms with Gasteiger partial charge in [-0.15, -0.1) is 0 Å². The lowest BCUT2D eigenvalue weighted by Crippen LogP contribution is -2.32. The molecule has 0 bridgehead atoms. The molecule has 1 aliphatic carbocycles. The first kappa shape index (κ1) is 16.3. The summed E-state index contributed by atoms with van der Waals surface area (Å²) in [4.78, 5) is 23.3. The quantitative estimate of drug-likeness (QED) is 0.765. The first-order valence-corrected chi connectivity index (χ1v) is 7.77. The standard InChI is InChI=1S/C17H24N2O3/c1-12-10-15(12)17(21)19-9-7-16(20)18-8-6-13-4-3-5-14(11-13)22-2/h3-5,11-12,15H,6-10H2,1-2H3,(H,18,20)(H,19,21)/t12-,15-/m1/s1. The van der Waals surface area contributed by atoms with Crippen LogP contribution in [0.5, 0.6) is 5.75 Å². The zero-order valence-corrected chi connectivity index (χ0v) is 13.2. The molecule has 1 saturated carbocycles. The second-order valence-electron chi connectivity index (χ2n) is 5.81. The summed E-state index contributed by atoms with van der Waals surface area (Å²) < 4.78 is 5.16. The van der Waals surface area contributed by atoms with Gasteiger partial charge in [0.25, 0.3) is 0 Å². The van der Waals surface area contributed by atoms with Gasteiger partial charge >= 0.3 is 0 Å². The highest BCUT2D eigenvalue weighted by Crippen LogP contribution is 2.37. The lowest BCUT2D eigenvalue weighted by Gasteiger charge is -2.07. The number of rotatable bonds is 8. The molecule has 0 spiro atoms. The van der Waals surface area contributed by atoms with Crippen molar-refractivity contribution in [1.82, 2.24) is 10.6 Å². The minimum absolute atomic E-state index is 0.0351. The second-order valence-corrected chi connectivity index (χ2v) is 5.81. The number of methoxy groups -OCH3 is 1. The van der Waals surface area contributed by atoms with Gasteiger partial charge in [-0.05, 0) is 36.5 Å². The molecular weight excluding hydrogens is 280 g/mol. The molecule has 5 nitrogen and oxygen atoms in total. The highest BCUT2D eigenvalue weighted by atomic mass is 16.5. The minimum atomic E-state index is -0.0351. The summed E-state index contributed by atoms with van der Waals surface area (Å²) in [6.07, 6.45) is 2.05. The van der Waals surface area contributed by atoms with Gasteiger partial charge in [0.1, 0.15) is 5.75 Å². The van der Waals surface area contributed by atoms with Crippen LogP contribution in [0.1, 0.15) is 25.3 Å². The summed E-state index contributed by atoms with van der Waals surface area (Å²) in [7, 11) is 1.64. The van der Waals surface area contributed by atoms with Gasteiger partial charge in [0.05, 0.1) is 7.11 Å². The van der Waals surface area contributed by atoms with Crippen molar-refractivity contribution >= 4 is 11.8 Å². The minimum Gasteiger partial charge on any atom is -0.497 e. The third-order valence-corrected chi connectivity index (χ3v) is 3.97. The van der Waals surface area contributed by atoms with Crippen LogP contribution >= 0.6 is 0 Å². The van der Waals surface area contributed by atoms with Gasteiger partial charge in [0, 0.05) is 25.4 Å². The average Bonchev–Trinajstić information content (AvgIpc) is 3.24. The molecule has 5 heteroatoms. The van der Waals surface area contributed by atoms with Gasteiger partial charge in [0.2, 0.25) is 11.8 Å². The average molecular weight is 304 g/mol. The monoisotopic (exact) mass is 304 g/mol. The third-order valence-electron chi connectivity index (χ3n) is 3.97. The van der Waals surface area contributed by atoms with Crippen molar-refractivity contribution in [2.45, 2.75) is 26.2 Å². The molecule has 1 aromatic carbocycles. The number of benzene rings is 1. The van der Waals surface area contributed by atoms with Crippen LogP contribution in [0, 0.1) is 11.8 Å². The Balaban J connectivity index is 1.58. The van der Waals surface area contributed by atoms with Crippen LogP contribution in [0.15, 0.2) is 24.3 Å². The van der Waals surface area contributed by atoms with Crippen LogP contribution in [0.2, 0.25) is 0 Å². The van der Waals surface area contributed by atoms with Crippen molar-refractivity contribution in [1.29, 1.82) is 0 Å². The predicted octanol–water partition coefficient (Wildman–Crippen LogP) is 1.52. The van der Waals surface area contributed by atoms with Gasteiger partial charge in [-0.25, -0.2) is 0 Å². The number of nitrogens with one attached hydrogen (secondary N) is 2. The van der Waals surface area contributed by atoms with Crippen LogP contribution in [-0.2, 0) is 16.0 Å². The van der Waals surface area contributed by atoms with Crippen LogP contribution in [0.3, 0.4) is 0 Å². The Bertz CT molecular complexity index is 530. The van der Waals surface area contributed by atoms with E-state index in [1.807, 2.05) is 24.3 Å². The number of ether oxygens (including phenoxy) is 1. The molecule has 0 aromatic heterocycles. The Morgan fingerprint density at radius 1 is 1.27 bits per heavy atom. The fourth-order valence-corrected chi connectivity index (χ4v) is 2.38. The lowest BCUT2D eigenvalue weighted by molar-refractivity contribution is -0.123. The van der Waals surface area contributed by atoms with Crippen LogP contribution in [0.4, 0.5) is 0 Å². The van der Waals surface area contributed by atoms with Gasteiger partial charge in [-0.1, -0.05) is 19.1 Å². The summed E-state index contributed by atoms with van der Waals surface area (Å²) in [5.74, 6) is 1.53. The van der Waals surface area contributed by atoms with Crippen molar-refractivity contribution in [3.63, 3.8) is 0 Å². The Morgan fingerprint density at radius 2 is 2.05 bits per heavy atom. The number of carbonyl (C=O) groups excluding carboxylic acids is 2. The van der Waals surface area contributed by atoms with E-state index in [9.17, 15) is 9.59 Å². The topological polar surface area (TPSA) is 67.4 Å². The summed E-state index contributed by atoms with van der Waals surface area (Å²) in [5.41, 5.74) is 1.12. The highest BCUT2D eigenvalue weighted by Gasteiger charge is 2.38. The van der Waals surface area contributed by atoms with E-state index in [4.69, 9.17) is 4.74 Å². The Hall–Kier alpha value is -2.04. The smallest absolute Gasteiger partial charge is 0.223 e. The van der Waals surface area contributed by atoms with Gasteiger partial charge in [0.15, 0.2) is 0 Å².